The Morgan fingerprint density at radius 2 is 2.21 bits per heavy atom. The summed E-state index contributed by atoms with van der Waals surface area (Å²) in [7, 11) is 0. The molecule has 0 aromatic heterocycles. The standard InChI is InChI=1S/C16H23NO2/c1-12(2)11-17-9-4-3-8-15(17)13-6-5-7-14(10-13)16(18)19/h5-7,10,12,15H,3-4,8-9,11H2,1-2H3,(H,18,19). The third-order valence-electron chi connectivity index (χ3n) is 3.73. The molecule has 1 aromatic rings. The van der Waals surface area contributed by atoms with E-state index in [0.29, 0.717) is 17.5 Å². The van der Waals surface area contributed by atoms with Crippen LogP contribution in [0.4, 0.5) is 0 Å². The molecule has 2 rings (SSSR count). The fourth-order valence-corrected chi connectivity index (χ4v) is 2.93. The van der Waals surface area contributed by atoms with E-state index < -0.39 is 5.97 Å². The van der Waals surface area contributed by atoms with Gasteiger partial charge in [-0.3, -0.25) is 4.90 Å². The van der Waals surface area contributed by atoms with Gasteiger partial charge in [0.2, 0.25) is 0 Å². The van der Waals surface area contributed by atoms with Gasteiger partial charge >= 0.3 is 5.97 Å². The van der Waals surface area contributed by atoms with Crippen LogP contribution in [0.2, 0.25) is 0 Å². The van der Waals surface area contributed by atoms with Crippen LogP contribution in [-0.4, -0.2) is 29.1 Å². The molecule has 1 atom stereocenters. The minimum Gasteiger partial charge on any atom is -0.478 e. The van der Waals surface area contributed by atoms with E-state index in [9.17, 15) is 4.79 Å². The Bertz CT molecular complexity index is 442. The summed E-state index contributed by atoms with van der Waals surface area (Å²) in [6.07, 6.45) is 3.62. The number of benzene rings is 1. The summed E-state index contributed by atoms with van der Waals surface area (Å²) in [5.41, 5.74) is 1.55. The molecule has 0 aliphatic carbocycles. The second-order valence-corrected chi connectivity index (χ2v) is 5.83. The van der Waals surface area contributed by atoms with Gasteiger partial charge in [-0.1, -0.05) is 32.4 Å². The predicted octanol–water partition coefficient (Wildman–Crippen LogP) is 3.57. The molecule has 3 heteroatoms. The molecule has 1 N–H and O–H groups in total. The third kappa shape index (κ3) is 3.57. The summed E-state index contributed by atoms with van der Waals surface area (Å²) in [5.74, 6) is -0.198. The van der Waals surface area contributed by atoms with E-state index >= 15 is 0 Å². The maximum absolute atomic E-state index is 11.1. The SMILES string of the molecule is CC(C)CN1CCCCC1c1cccc(C(=O)O)c1. The lowest BCUT2D eigenvalue weighted by atomic mass is 9.93. The lowest BCUT2D eigenvalue weighted by Crippen LogP contribution is -2.36. The zero-order valence-electron chi connectivity index (χ0n) is 11.8. The molecule has 104 valence electrons. The molecule has 3 nitrogen and oxygen atoms in total. The maximum Gasteiger partial charge on any atom is 0.335 e. The van der Waals surface area contributed by atoms with Crippen LogP contribution in [0.1, 0.15) is 55.1 Å². The van der Waals surface area contributed by atoms with Crippen molar-refractivity contribution in [3.8, 4) is 0 Å². The highest BCUT2D eigenvalue weighted by Crippen LogP contribution is 2.31. The van der Waals surface area contributed by atoms with Crippen molar-refractivity contribution in [2.24, 2.45) is 5.92 Å². The average Bonchev–Trinajstić information content (AvgIpc) is 2.39. The Morgan fingerprint density at radius 1 is 1.42 bits per heavy atom. The number of hydrogen-bond donors (Lipinski definition) is 1. The molecule has 0 spiro atoms. The Kier molecular flexibility index (Phi) is 4.59. The molecule has 1 aliphatic rings. The zero-order valence-corrected chi connectivity index (χ0v) is 11.8. The van der Waals surface area contributed by atoms with Crippen LogP contribution in [-0.2, 0) is 0 Å². The normalized spacial score (nSPS) is 20.7. The van der Waals surface area contributed by atoms with Crippen LogP contribution < -0.4 is 0 Å². The molecule has 1 fully saturated rings. The molecule has 0 amide bonds. The Labute approximate surface area is 115 Å². The number of aromatic carboxylic acids is 1. The van der Waals surface area contributed by atoms with Crippen molar-refractivity contribution in [1.29, 1.82) is 0 Å². The van der Waals surface area contributed by atoms with E-state index in [4.69, 9.17) is 5.11 Å². The molecule has 19 heavy (non-hydrogen) atoms. The Hall–Kier alpha value is -1.35. The molecule has 1 unspecified atom stereocenters. The maximum atomic E-state index is 11.1. The number of carboxylic acid groups (broad SMARTS) is 1. The van der Waals surface area contributed by atoms with Crippen LogP contribution in [0, 0.1) is 5.92 Å². The minimum atomic E-state index is -0.840. The first kappa shape index (κ1) is 14.1. The number of carbonyl (C=O) groups is 1. The summed E-state index contributed by atoms with van der Waals surface area (Å²) in [5, 5.41) is 9.11. The number of carboxylic acids is 1. The van der Waals surface area contributed by atoms with E-state index in [1.807, 2.05) is 12.1 Å². The summed E-state index contributed by atoms with van der Waals surface area (Å²) in [6, 6.07) is 7.82. The van der Waals surface area contributed by atoms with E-state index in [0.717, 1.165) is 25.1 Å². The van der Waals surface area contributed by atoms with Crippen molar-refractivity contribution in [2.45, 2.75) is 39.2 Å². The summed E-state index contributed by atoms with van der Waals surface area (Å²) in [4.78, 5) is 13.6. The fraction of sp³-hybridized carbons (Fsp3) is 0.562. The van der Waals surface area contributed by atoms with Crippen molar-refractivity contribution < 1.29 is 9.90 Å². The van der Waals surface area contributed by atoms with Gasteiger partial charge in [0, 0.05) is 12.6 Å². The smallest absolute Gasteiger partial charge is 0.335 e. The second-order valence-electron chi connectivity index (χ2n) is 5.83. The van der Waals surface area contributed by atoms with Crippen molar-refractivity contribution in [1.82, 2.24) is 4.90 Å². The molecule has 0 saturated carbocycles. The van der Waals surface area contributed by atoms with E-state index in [2.05, 4.69) is 24.8 Å². The highest BCUT2D eigenvalue weighted by Gasteiger charge is 2.24. The molecule has 0 radical (unpaired) electrons. The topological polar surface area (TPSA) is 40.5 Å². The van der Waals surface area contributed by atoms with Gasteiger partial charge in [0.15, 0.2) is 0 Å². The highest BCUT2D eigenvalue weighted by atomic mass is 16.4. The predicted molar refractivity (Wildman–Crippen MR) is 76.4 cm³/mol. The van der Waals surface area contributed by atoms with Gasteiger partial charge < -0.3 is 5.11 Å². The molecule has 1 aliphatic heterocycles. The van der Waals surface area contributed by atoms with E-state index in [-0.39, 0.29) is 0 Å². The van der Waals surface area contributed by atoms with Crippen molar-refractivity contribution in [3.63, 3.8) is 0 Å². The molecule has 1 heterocycles. The fourth-order valence-electron chi connectivity index (χ4n) is 2.93. The lowest BCUT2D eigenvalue weighted by molar-refractivity contribution is 0.0696. The summed E-state index contributed by atoms with van der Waals surface area (Å²) >= 11 is 0. The van der Waals surface area contributed by atoms with Gasteiger partial charge in [-0.15, -0.1) is 0 Å². The molecular weight excluding hydrogens is 238 g/mol. The Morgan fingerprint density at radius 3 is 2.89 bits per heavy atom. The number of rotatable bonds is 4. The number of hydrogen-bond acceptors (Lipinski definition) is 2. The number of likely N-dealkylation sites (tertiary alicyclic amines) is 1. The summed E-state index contributed by atoms with van der Waals surface area (Å²) in [6.45, 7) is 6.68. The lowest BCUT2D eigenvalue weighted by Gasteiger charge is -2.37. The van der Waals surface area contributed by atoms with E-state index in [1.54, 1.807) is 6.07 Å². The molecule has 1 saturated heterocycles. The van der Waals surface area contributed by atoms with Gasteiger partial charge in [0.05, 0.1) is 5.56 Å². The van der Waals surface area contributed by atoms with Gasteiger partial charge in [-0.25, -0.2) is 4.79 Å². The first-order chi connectivity index (χ1) is 9.08. The quantitative estimate of drug-likeness (QED) is 0.900. The Balaban J connectivity index is 2.21. The first-order valence-electron chi connectivity index (χ1n) is 7.15. The number of piperidine rings is 1. The summed E-state index contributed by atoms with van der Waals surface area (Å²) < 4.78 is 0. The van der Waals surface area contributed by atoms with E-state index in [1.165, 1.54) is 12.8 Å². The molecule has 0 bridgehead atoms. The van der Waals surface area contributed by atoms with Crippen LogP contribution in [0.3, 0.4) is 0 Å². The van der Waals surface area contributed by atoms with Crippen molar-refractivity contribution in [3.05, 3.63) is 35.4 Å². The third-order valence-corrected chi connectivity index (χ3v) is 3.73. The van der Waals surface area contributed by atoms with Crippen molar-refractivity contribution >= 4 is 5.97 Å². The molecular formula is C16H23NO2. The first-order valence-corrected chi connectivity index (χ1v) is 7.15. The van der Waals surface area contributed by atoms with Crippen LogP contribution in [0.5, 0.6) is 0 Å². The van der Waals surface area contributed by atoms with Gasteiger partial charge in [-0.2, -0.15) is 0 Å². The molecule has 1 aromatic carbocycles. The zero-order chi connectivity index (χ0) is 13.8. The van der Waals surface area contributed by atoms with Crippen LogP contribution >= 0.6 is 0 Å². The van der Waals surface area contributed by atoms with Crippen LogP contribution in [0.25, 0.3) is 0 Å². The van der Waals surface area contributed by atoms with Gasteiger partial charge in [0.1, 0.15) is 0 Å². The largest absolute Gasteiger partial charge is 0.478 e. The minimum absolute atomic E-state index is 0.385. The van der Waals surface area contributed by atoms with Crippen molar-refractivity contribution in [2.75, 3.05) is 13.1 Å². The monoisotopic (exact) mass is 261 g/mol. The second kappa shape index (κ2) is 6.20. The van der Waals surface area contributed by atoms with Gasteiger partial charge in [0.25, 0.3) is 0 Å². The average molecular weight is 261 g/mol. The number of nitrogens with zero attached hydrogens (tertiary/aromatic N) is 1. The van der Waals surface area contributed by atoms with Crippen LogP contribution in [0.15, 0.2) is 24.3 Å². The highest BCUT2D eigenvalue weighted by molar-refractivity contribution is 5.87. The van der Waals surface area contributed by atoms with Gasteiger partial charge in [-0.05, 0) is 43.0 Å².